The molecule has 2 N–H and O–H groups in total. The number of rotatable bonds is 8. The molecule has 0 saturated carbocycles. The molecule has 0 unspecified atom stereocenters. The fraction of sp³-hybridized carbons (Fsp3) is 0.619. The number of aryl methyl sites for hydroxylation is 1. The van der Waals surface area contributed by atoms with Crippen molar-refractivity contribution in [2.75, 3.05) is 49.9 Å². The van der Waals surface area contributed by atoms with Crippen molar-refractivity contribution in [1.29, 1.82) is 0 Å². The van der Waals surface area contributed by atoms with E-state index in [2.05, 4.69) is 45.5 Å². The molecule has 0 atom stereocenters. The minimum atomic E-state index is 0.448. The molecule has 6 nitrogen and oxygen atoms in total. The zero-order valence-electron chi connectivity index (χ0n) is 16.7. The van der Waals surface area contributed by atoms with E-state index >= 15 is 0 Å². The van der Waals surface area contributed by atoms with Crippen LogP contribution in [-0.4, -0.2) is 71.1 Å². The van der Waals surface area contributed by atoms with Gasteiger partial charge in [0.15, 0.2) is 0 Å². The molecule has 2 fully saturated rings. The van der Waals surface area contributed by atoms with Crippen LogP contribution in [0.2, 0.25) is 0 Å². The summed E-state index contributed by atoms with van der Waals surface area (Å²) in [4.78, 5) is 14.2. The van der Waals surface area contributed by atoms with Crippen molar-refractivity contribution in [3.63, 3.8) is 0 Å². The van der Waals surface area contributed by atoms with Crippen LogP contribution >= 0.6 is 0 Å². The smallest absolute Gasteiger partial charge is 0.224 e. The molecule has 0 spiro atoms. The van der Waals surface area contributed by atoms with E-state index in [-0.39, 0.29) is 0 Å². The molecule has 3 rings (SSSR count). The van der Waals surface area contributed by atoms with E-state index in [1.807, 2.05) is 18.3 Å². The van der Waals surface area contributed by atoms with Gasteiger partial charge in [0.25, 0.3) is 0 Å². The summed E-state index contributed by atoms with van der Waals surface area (Å²) >= 11 is 0. The zero-order chi connectivity index (χ0) is 19.1. The molecule has 0 amide bonds. The van der Waals surface area contributed by atoms with Gasteiger partial charge < -0.3 is 10.6 Å². The number of nitrogens with zero attached hydrogens (tertiary/aromatic N) is 4. The number of anilines is 2. The van der Waals surface area contributed by atoms with E-state index in [4.69, 9.17) is 4.98 Å². The van der Waals surface area contributed by atoms with Gasteiger partial charge in [0, 0.05) is 63.1 Å². The van der Waals surface area contributed by atoms with Crippen molar-refractivity contribution >= 4 is 11.8 Å². The molecule has 2 aliphatic heterocycles. The average molecular weight is 371 g/mol. The highest BCUT2D eigenvalue weighted by Crippen LogP contribution is 2.20. The molecule has 0 aliphatic carbocycles. The van der Waals surface area contributed by atoms with E-state index in [0.29, 0.717) is 12.1 Å². The lowest BCUT2D eigenvalue weighted by Gasteiger charge is -2.32. The molecular formula is C21H34N6. The van der Waals surface area contributed by atoms with Gasteiger partial charge in [-0.3, -0.25) is 9.80 Å². The number of aromatic nitrogens is 2. The second-order valence-electron chi connectivity index (χ2n) is 7.74. The number of hydrogen-bond donors (Lipinski definition) is 2. The van der Waals surface area contributed by atoms with Gasteiger partial charge in [-0.25, -0.2) is 4.98 Å². The third-order valence-corrected chi connectivity index (χ3v) is 5.60. The third kappa shape index (κ3) is 5.78. The third-order valence-electron chi connectivity index (χ3n) is 5.60. The molecule has 0 aromatic carbocycles. The summed E-state index contributed by atoms with van der Waals surface area (Å²) in [7, 11) is 0. The number of piperidine rings is 2. The van der Waals surface area contributed by atoms with Crippen LogP contribution < -0.4 is 10.6 Å². The van der Waals surface area contributed by atoms with Gasteiger partial charge >= 0.3 is 0 Å². The molecule has 148 valence electrons. The van der Waals surface area contributed by atoms with E-state index < -0.39 is 0 Å². The maximum Gasteiger partial charge on any atom is 0.224 e. The van der Waals surface area contributed by atoms with E-state index in [9.17, 15) is 0 Å². The number of hydrogen-bond acceptors (Lipinski definition) is 6. The topological polar surface area (TPSA) is 56.3 Å². The summed E-state index contributed by atoms with van der Waals surface area (Å²) in [6.45, 7) is 16.1. The van der Waals surface area contributed by atoms with Crippen LogP contribution in [0.15, 0.2) is 31.5 Å². The van der Waals surface area contributed by atoms with E-state index in [0.717, 1.165) is 82.3 Å². The predicted molar refractivity (Wildman–Crippen MR) is 113 cm³/mol. The summed E-state index contributed by atoms with van der Waals surface area (Å²) in [5, 5.41) is 7.19. The quantitative estimate of drug-likeness (QED) is 0.686. The van der Waals surface area contributed by atoms with Crippen LogP contribution in [0.25, 0.3) is 0 Å². The predicted octanol–water partition coefficient (Wildman–Crippen LogP) is 2.91. The maximum absolute atomic E-state index is 4.78. The Kier molecular flexibility index (Phi) is 7.24. The highest BCUT2D eigenvalue weighted by Gasteiger charge is 2.21. The van der Waals surface area contributed by atoms with Crippen molar-refractivity contribution in [3.05, 3.63) is 37.1 Å². The molecule has 27 heavy (non-hydrogen) atoms. The summed E-state index contributed by atoms with van der Waals surface area (Å²) in [5.74, 6) is 1.72. The van der Waals surface area contributed by atoms with Gasteiger partial charge in [0.05, 0.1) is 0 Å². The molecule has 1 aromatic heterocycles. The van der Waals surface area contributed by atoms with Crippen LogP contribution in [-0.2, 0) is 0 Å². The normalized spacial score (nSPS) is 20.3. The maximum atomic E-state index is 4.78. The van der Waals surface area contributed by atoms with Crippen molar-refractivity contribution in [2.45, 2.75) is 44.7 Å². The fourth-order valence-corrected chi connectivity index (χ4v) is 3.92. The van der Waals surface area contributed by atoms with Crippen molar-refractivity contribution < 1.29 is 0 Å². The Balaban J connectivity index is 1.52. The second kappa shape index (κ2) is 9.85. The average Bonchev–Trinajstić information content (AvgIpc) is 2.68. The first kappa shape index (κ1) is 19.8. The Hall–Kier alpha value is -1.92. The lowest BCUT2D eigenvalue weighted by molar-refractivity contribution is 0.239. The summed E-state index contributed by atoms with van der Waals surface area (Å²) in [6, 6.07) is 0.929. The molecule has 6 heteroatoms. The Morgan fingerprint density at radius 1 is 0.963 bits per heavy atom. The van der Waals surface area contributed by atoms with Gasteiger partial charge in [0.1, 0.15) is 5.82 Å². The van der Waals surface area contributed by atoms with Crippen molar-refractivity contribution in [2.24, 2.45) is 0 Å². The fourth-order valence-electron chi connectivity index (χ4n) is 3.92. The number of likely N-dealkylation sites (tertiary alicyclic amines) is 2. The molecule has 0 radical (unpaired) electrons. The number of nitrogens with one attached hydrogen (secondary N) is 2. The summed E-state index contributed by atoms with van der Waals surface area (Å²) in [6.07, 6.45) is 10.4. The minimum absolute atomic E-state index is 0.448. The van der Waals surface area contributed by atoms with Crippen LogP contribution in [0.3, 0.4) is 0 Å². The molecule has 3 heterocycles. The van der Waals surface area contributed by atoms with Crippen molar-refractivity contribution in [1.82, 2.24) is 19.8 Å². The van der Waals surface area contributed by atoms with Gasteiger partial charge in [-0.15, -0.1) is 13.2 Å². The first-order valence-electron chi connectivity index (χ1n) is 10.2. The van der Waals surface area contributed by atoms with Gasteiger partial charge in [-0.1, -0.05) is 12.2 Å². The molecule has 2 aliphatic rings. The molecule has 1 aromatic rings. The Bertz CT molecular complexity index is 615. The summed E-state index contributed by atoms with van der Waals surface area (Å²) < 4.78 is 0. The monoisotopic (exact) mass is 370 g/mol. The zero-order valence-corrected chi connectivity index (χ0v) is 16.7. The Morgan fingerprint density at radius 3 is 2.00 bits per heavy atom. The van der Waals surface area contributed by atoms with Gasteiger partial charge in [-0.2, -0.15) is 4.98 Å². The minimum Gasteiger partial charge on any atom is -0.367 e. The molecule has 2 saturated heterocycles. The summed E-state index contributed by atoms with van der Waals surface area (Å²) in [5.41, 5.74) is 1.11. The van der Waals surface area contributed by atoms with Crippen LogP contribution in [0.1, 0.15) is 31.2 Å². The molecule has 0 bridgehead atoms. The van der Waals surface area contributed by atoms with E-state index in [1.165, 1.54) is 0 Å². The van der Waals surface area contributed by atoms with Crippen LogP contribution in [0, 0.1) is 6.92 Å². The highest BCUT2D eigenvalue weighted by molar-refractivity contribution is 5.47. The SMILES string of the molecule is C=CCN1CCC(Nc2ncc(C)c(NC3CCN(CC=C)CC3)n2)CC1. The van der Waals surface area contributed by atoms with Gasteiger partial charge in [0.2, 0.25) is 5.95 Å². The van der Waals surface area contributed by atoms with Crippen LogP contribution in [0.4, 0.5) is 11.8 Å². The lowest BCUT2D eigenvalue weighted by atomic mass is 10.0. The first-order chi connectivity index (χ1) is 13.2. The van der Waals surface area contributed by atoms with E-state index in [1.54, 1.807) is 0 Å². The first-order valence-corrected chi connectivity index (χ1v) is 10.2. The highest BCUT2D eigenvalue weighted by atomic mass is 15.2. The Morgan fingerprint density at radius 2 is 1.48 bits per heavy atom. The second-order valence-corrected chi connectivity index (χ2v) is 7.74. The van der Waals surface area contributed by atoms with Gasteiger partial charge in [-0.05, 0) is 32.6 Å². The Labute approximate surface area is 163 Å². The molecular weight excluding hydrogens is 336 g/mol. The standard InChI is InChI=1S/C21H34N6/c1-4-10-26-12-6-18(7-13-26)23-20-17(3)16-22-21(25-20)24-19-8-14-27(11-5-2)15-9-19/h4-5,16,18-19H,1-2,6-15H2,3H3,(H2,22,23,24,25). The lowest BCUT2D eigenvalue weighted by Crippen LogP contribution is -2.40. The van der Waals surface area contributed by atoms with Crippen LogP contribution in [0.5, 0.6) is 0 Å². The largest absolute Gasteiger partial charge is 0.367 e. The van der Waals surface area contributed by atoms with Crippen molar-refractivity contribution in [3.8, 4) is 0 Å².